The lowest BCUT2D eigenvalue weighted by atomic mass is 10.0. The lowest BCUT2D eigenvalue weighted by Crippen LogP contribution is -2.57. The summed E-state index contributed by atoms with van der Waals surface area (Å²) in [5, 5.41) is 18.8. The van der Waals surface area contributed by atoms with Gasteiger partial charge in [-0.3, -0.25) is 4.68 Å². The van der Waals surface area contributed by atoms with Crippen LogP contribution in [0.1, 0.15) is 47.7 Å². The van der Waals surface area contributed by atoms with Gasteiger partial charge in [-0.2, -0.15) is 15.5 Å². The van der Waals surface area contributed by atoms with E-state index < -0.39 is 23.8 Å². The molecule has 1 aromatic heterocycles. The van der Waals surface area contributed by atoms with Gasteiger partial charge in [-0.1, -0.05) is 0 Å². The van der Waals surface area contributed by atoms with Crippen molar-refractivity contribution < 1.29 is 18.3 Å². The van der Waals surface area contributed by atoms with Gasteiger partial charge in [-0.05, 0) is 42.7 Å². The predicted octanol–water partition coefficient (Wildman–Crippen LogP) is 3.71. The average molecular weight is 479 g/mol. The summed E-state index contributed by atoms with van der Waals surface area (Å²) in [5.74, 6) is -1.01. The van der Waals surface area contributed by atoms with Crippen molar-refractivity contribution >= 4 is 18.0 Å². The maximum Gasteiger partial charge on any atom is 0.341 e. The number of benzene rings is 1. The predicted molar refractivity (Wildman–Crippen MR) is 122 cm³/mol. The Morgan fingerprint density at radius 3 is 2.74 bits per heavy atom. The van der Waals surface area contributed by atoms with E-state index in [0.29, 0.717) is 24.1 Å². The molecule has 3 aliphatic rings. The maximum atomic E-state index is 14.5. The molecule has 5 rings (SSSR count). The maximum absolute atomic E-state index is 14.5. The van der Waals surface area contributed by atoms with Crippen LogP contribution >= 0.6 is 0 Å². The minimum absolute atomic E-state index is 0.0511. The lowest BCUT2D eigenvalue weighted by Gasteiger charge is -2.41. The largest absolute Gasteiger partial charge is 0.469 e. The molecule has 4 heterocycles. The Balaban J connectivity index is 1.24. The van der Waals surface area contributed by atoms with Crippen LogP contribution in [0.3, 0.4) is 0 Å². The number of aliphatic imine (C=N–C) groups is 1. The topological polar surface area (TPSA) is 99.1 Å². The second kappa shape index (κ2) is 8.94. The first-order valence-corrected chi connectivity index (χ1v) is 11.3. The normalized spacial score (nSPS) is 20.1. The summed E-state index contributed by atoms with van der Waals surface area (Å²) in [7, 11) is 1.81. The molecule has 35 heavy (non-hydrogen) atoms. The Labute approximate surface area is 200 Å². The zero-order valence-electron chi connectivity index (χ0n) is 19.3. The molecule has 9 nitrogen and oxygen atoms in total. The number of allylic oxidation sites excluding steroid dienone is 1. The summed E-state index contributed by atoms with van der Waals surface area (Å²) in [6.45, 7) is 2.42. The van der Waals surface area contributed by atoms with Gasteiger partial charge in [0.2, 0.25) is 5.88 Å². The van der Waals surface area contributed by atoms with Crippen LogP contribution in [-0.2, 0) is 11.8 Å². The van der Waals surface area contributed by atoms with Crippen LogP contribution in [0.15, 0.2) is 46.2 Å². The van der Waals surface area contributed by atoms with Crippen molar-refractivity contribution in [1.82, 2.24) is 19.7 Å². The standard InChI is InChI=1S/C24H23F2N7O2/c1-14-11-29-31(2)22(14)20-4-3-19(26)23(30-20)35-18-12-32(13-18)24(34)33-21(5-6-28-33)16-7-15(10-27)8-17(25)9-16/h6-9,11,18,21H,3-5,12-13H2,1-2H3/t21-/m0/s1. The van der Waals surface area contributed by atoms with Gasteiger partial charge in [-0.25, -0.2) is 23.6 Å². The van der Waals surface area contributed by atoms with Gasteiger partial charge in [0.15, 0.2) is 5.83 Å². The molecule has 0 unspecified atom stereocenters. The number of rotatable bonds is 4. The molecular weight excluding hydrogens is 456 g/mol. The fraction of sp³-hybridized carbons (Fsp3) is 0.375. The van der Waals surface area contributed by atoms with E-state index in [1.807, 2.05) is 20.0 Å². The quantitative estimate of drug-likeness (QED) is 0.667. The highest BCUT2D eigenvalue weighted by Gasteiger charge is 2.40. The third kappa shape index (κ3) is 4.27. The molecule has 11 heteroatoms. The SMILES string of the molecule is Cc1cnn(C)c1C1=NC(OC2CN(C(=O)N3N=CC[C@H]3c3cc(F)cc(C#N)c3)C2)=C(F)CC1. The number of carbonyl (C=O) groups is 1. The molecule has 0 N–H and O–H groups in total. The molecule has 1 saturated heterocycles. The number of hydrogen-bond donors (Lipinski definition) is 0. The van der Waals surface area contributed by atoms with Gasteiger partial charge in [0, 0.05) is 26.1 Å². The molecular formula is C24H23F2N7O2. The minimum atomic E-state index is -0.542. The van der Waals surface area contributed by atoms with E-state index in [4.69, 9.17) is 10.00 Å². The van der Waals surface area contributed by atoms with Crippen LogP contribution in [0.2, 0.25) is 0 Å². The summed E-state index contributed by atoms with van der Waals surface area (Å²) in [5.41, 5.74) is 3.20. The van der Waals surface area contributed by atoms with Gasteiger partial charge in [0.1, 0.15) is 11.9 Å². The number of likely N-dealkylation sites (tertiary alicyclic amines) is 1. The number of amides is 2. The molecule has 0 radical (unpaired) electrons. The molecule has 2 aromatic rings. The molecule has 3 aliphatic heterocycles. The number of carbonyl (C=O) groups excluding carboxylic acids is 1. The van der Waals surface area contributed by atoms with Crippen molar-refractivity contribution in [3.05, 3.63) is 64.3 Å². The smallest absolute Gasteiger partial charge is 0.341 e. The molecule has 1 fully saturated rings. The summed E-state index contributed by atoms with van der Waals surface area (Å²) in [6, 6.07) is 5.07. The first-order valence-electron chi connectivity index (χ1n) is 11.3. The van der Waals surface area contributed by atoms with Crippen LogP contribution < -0.4 is 0 Å². The first-order chi connectivity index (χ1) is 16.8. The van der Waals surface area contributed by atoms with Crippen molar-refractivity contribution in [2.24, 2.45) is 17.1 Å². The monoisotopic (exact) mass is 479 g/mol. The molecule has 2 amide bonds. The number of ether oxygens (including phenoxy) is 1. The third-order valence-corrected chi connectivity index (χ3v) is 6.30. The molecule has 0 aliphatic carbocycles. The third-order valence-electron chi connectivity index (χ3n) is 6.30. The van der Waals surface area contributed by atoms with Crippen molar-refractivity contribution in [2.45, 2.75) is 38.3 Å². The second-order valence-corrected chi connectivity index (χ2v) is 8.77. The number of halogens is 2. The second-order valence-electron chi connectivity index (χ2n) is 8.77. The zero-order valence-corrected chi connectivity index (χ0v) is 19.3. The summed E-state index contributed by atoms with van der Waals surface area (Å²) >= 11 is 0. The van der Waals surface area contributed by atoms with Gasteiger partial charge in [-0.15, -0.1) is 0 Å². The Kier molecular flexibility index (Phi) is 5.80. The fourth-order valence-corrected chi connectivity index (χ4v) is 4.51. The number of hydrogen-bond acceptors (Lipinski definition) is 6. The number of urea groups is 1. The fourth-order valence-electron chi connectivity index (χ4n) is 4.51. The van der Waals surface area contributed by atoms with Crippen LogP contribution in [0.5, 0.6) is 0 Å². The van der Waals surface area contributed by atoms with E-state index >= 15 is 0 Å². The average Bonchev–Trinajstić information content (AvgIpc) is 3.43. The van der Waals surface area contributed by atoms with Crippen molar-refractivity contribution in [3.63, 3.8) is 0 Å². The van der Waals surface area contributed by atoms with Crippen LogP contribution in [0, 0.1) is 24.1 Å². The number of aromatic nitrogens is 2. The highest BCUT2D eigenvalue weighted by atomic mass is 19.1. The minimum Gasteiger partial charge on any atom is -0.469 e. The van der Waals surface area contributed by atoms with Crippen LogP contribution in [0.25, 0.3) is 0 Å². The van der Waals surface area contributed by atoms with E-state index in [0.717, 1.165) is 17.3 Å². The summed E-state index contributed by atoms with van der Waals surface area (Å²) in [6.07, 6.45) is 3.98. The number of nitrogens with zero attached hydrogens (tertiary/aromatic N) is 7. The number of aryl methyl sites for hydroxylation is 2. The van der Waals surface area contributed by atoms with Gasteiger partial charge in [0.25, 0.3) is 0 Å². The Bertz CT molecular complexity index is 1300. The van der Waals surface area contributed by atoms with Crippen molar-refractivity contribution in [3.8, 4) is 6.07 Å². The summed E-state index contributed by atoms with van der Waals surface area (Å²) < 4.78 is 35.9. The Hall–Kier alpha value is -4.07. The van der Waals surface area contributed by atoms with Crippen molar-refractivity contribution in [2.75, 3.05) is 13.1 Å². The highest BCUT2D eigenvalue weighted by Crippen LogP contribution is 2.33. The van der Waals surface area contributed by atoms with E-state index in [1.165, 1.54) is 16.0 Å². The Morgan fingerprint density at radius 1 is 1.23 bits per heavy atom. The van der Waals surface area contributed by atoms with Gasteiger partial charge in [0.05, 0.1) is 48.4 Å². The van der Waals surface area contributed by atoms with Crippen molar-refractivity contribution in [1.29, 1.82) is 5.26 Å². The first kappa shape index (κ1) is 22.7. The van der Waals surface area contributed by atoms with E-state index in [1.54, 1.807) is 23.2 Å². The highest BCUT2D eigenvalue weighted by molar-refractivity contribution is 6.01. The van der Waals surface area contributed by atoms with Gasteiger partial charge < -0.3 is 9.64 Å². The number of hydrazone groups is 1. The van der Waals surface area contributed by atoms with E-state index in [9.17, 15) is 13.6 Å². The van der Waals surface area contributed by atoms with E-state index in [-0.39, 0.29) is 37.0 Å². The molecule has 180 valence electrons. The summed E-state index contributed by atoms with van der Waals surface area (Å²) in [4.78, 5) is 19.0. The molecule has 0 saturated carbocycles. The van der Waals surface area contributed by atoms with Crippen LogP contribution in [-0.4, -0.2) is 56.8 Å². The molecule has 0 bridgehead atoms. The zero-order chi connectivity index (χ0) is 24.7. The molecule has 1 aromatic carbocycles. The van der Waals surface area contributed by atoms with Gasteiger partial charge >= 0.3 is 6.03 Å². The molecule has 0 spiro atoms. The number of nitriles is 1. The van der Waals surface area contributed by atoms with Crippen LogP contribution in [0.4, 0.5) is 13.6 Å². The Morgan fingerprint density at radius 2 is 2.03 bits per heavy atom. The van der Waals surface area contributed by atoms with E-state index in [2.05, 4.69) is 15.2 Å². The lowest BCUT2D eigenvalue weighted by molar-refractivity contribution is -0.0136. The molecule has 1 atom stereocenters.